The van der Waals surface area contributed by atoms with Crippen LogP contribution < -0.4 is 9.47 Å². The molecular weight excluding hydrogens is 382 g/mol. The number of ether oxygens (including phenoxy) is 2. The molecule has 1 aliphatic rings. The standard InChI is InChI=1S/C19H19N3O7/c1-11-16-10-18(29-3)17(28-2)8-12(16)4-5-20(11)19(23)13-6-14(21(24)25)9-15(7-13)22(26)27/h6-11H,4-5H2,1-3H3. The Hall–Kier alpha value is -3.69. The number of fused-ring (bicyclic) bond motifs is 1. The number of amides is 1. The van der Waals surface area contributed by atoms with E-state index < -0.39 is 27.1 Å². The molecule has 0 saturated heterocycles. The van der Waals surface area contributed by atoms with E-state index in [-0.39, 0.29) is 11.6 Å². The van der Waals surface area contributed by atoms with Gasteiger partial charge in [0.05, 0.1) is 41.7 Å². The number of carbonyl (C=O) groups excluding carboxylic acids is 1. The van der Waals surface area contributed by atoms with E-state index in [1.165, 1.54) is 12.0 Å². The van der Waals surface area contributed by atoms with Gasteiger partial charge in [0, 0.05) is 18.7 Å². The van der Waals surface area contributed by atoms with Crippen molar-refractivity contribution in [2.45, 2.75) is 19.4 Å². The molecular formula is C19H19N3O7. The van der Waals surface area contributed by atoms with Crippen molar-refractivity contribution in [3.05, 3.63) is 67.3 Å². The summed E-state index contributed by atoms with van der Waals surface area (Å²) in [5.41, 5.74) is 0.770. The normalized spacial score (nSPS) is 15.4. The summed E-state index contributed by atoms with van der Waals surface area (Å²) in [7, 11) is 3.06. The molecule has 0 saturated carbocycles. The number of hydrogen-bond donors (Lipinski definition) is 0. The summed E-state index contributed by atoms with van der Waals surface area (Å²) in [6, 6.07) is 6.27. The van der Waals surface area contributed by atoms with Gasteiger partial charge in [0.25, 0.3) is 17.3 Å². The molecule has 0 radical (unpaired) electrons. The molecule has 3 rings (SSSR count). The van der Waals surface area contributed by atoms with Gasteiger partial charge in [-0.25, -0.2) is 0 Å². The van der Waals surface area contributed by atoms with Gasteiger partial charge in [0.1, 0.15) is 0 Å². The van der Waals surface area contributed by atoms with E-state index in [1.54, 1.807) is 13.2 Å². The van der Waals surface area contributed by atoms with Gasteiger partial charge in [0.2, 0.25) is 0 Å². The quantitative estimate of drug-likeness (QED) is 0.556. The largest absolute Gasteiger partial charge is 0.493 e. The summed E-state index contributed by atoms with van der Waals surface area (Å²) in [6.07, 6.45) is 0.544. The lowest BCUT2D eigenvalue weighted by molar-refractivity contribution is -0.394. The van der Waals surface area contributed by atoms with Gasteiger partial charge >= 0.3 is 0 Å². The van der Waals surface area contributed by atoms with Crippen LogP contribution in [-0.2, 0) is 6.42 Å². The summed E-state index contributed by atoms with van der Waals surface area (Å²) in [5, 5.41) is 22.2. The van der Waals surface area contributed by atoms with Crippen LogP contribution in [0.5, 0.6) is 11.5 Å². The number of nitro groups is 2. The fourth-order valence-electron chi connectivity index (χ4n) is 3.52. The second-order valence-corrected chi connectivity index (χ2v) is 6.58. The van der Waals surface area contributed by atoms with E-state index >= 15 is 0 Å². The molecule has 0 aromatic heterocycles. The van der Waals surface area contributed by atoms with E-state index in [4.69, 9.17) is 9.47 Å². The summed E-state index contributed by atoms with van der Waals surface area (Å²) >= 11 is 0. The van der Waals surface area contributed by atoms with Gasteiger partial charge in [-0.1, -0.05) is 0 Å². The SMILES string of the molecule is COc1cc2c(cc1OC)C(C)N(C(=O)c1cc([N+](=O)[O-])cc([N+](=O)[O-])c1)CC2. The number of hydrogen-bond acceptors (Lipinski definition) is 7. The average Bonchev–Trinajstić information content (AvgIpc) is 2.72. The maximum atomic E-state index is 13.1. The van der Waals surface area contributed by atoms with Crippen LogP contribution in [0.15, 0.2) is 30.3 Å². The molecule has 0 bridgehead atoms. The van der Waals surface area contributed by atoms with Gasteiger partial charge in [-0.2, -0.15) is 0 Å². The van der Waals surface area contributed by atoms with Crippen LogP contribution in [-0.4, -0.2) is 41.4 Å². The Morgan fingerprint density at radius 1 is 1.00 bits per heavy atom. The van der Waals surface area contributed by atoms with Gasteiger partial charge in [0.15, 0.2) is 11.5 Å². The molecule has 1 unspecified atom stereocenters. The monoisotopic (exact) mass is 401 g/mol. The molecule has 0 aliphatic carbocycles. The average molecular weight is 401 g/mol. The molecule has 1 atom stereocenters. The van der Waals surface area contributed by atoms with Crippen LogP contribution in [0.25, 0.3) is 0 Å². The van der Waals surface area contributed by atoms with Crippen LogP contribution in [0.4, 0.5) is 11.4 Å². The maximum absolute atomic E-state index is 13.1. The number of rotatable bonds is 5. The predicted molar refractivity (Wildman–Crippen MR) is 102 cm³/mol. The maximum Gasteiger partial charge on any atom is 0.277 e. The molecule has 29 heavy (non-hydrogen) atoms. The second-order valence-electron chi connectivity index (χ2n) is 6.58. The summed E-state index contributed by atoms with van der Waals surface area (Å²) in [4.78, 5) is 35.3. The minimum atomic E-state index is -0.754. The third-order valence-corrected chi connectivity index (χ3v) is 5.02. The van der Waals surface area contributed by atoms with Gasteiger partial charge in [-0.3, -0.25) is 25.0 Å². The van der Waals surface area contributed by atoms with Crippen LogP contribution >= 0.6 is 0 Å². The minimum absolute atomic E-state index is 0.0957. The summed E-state index contributed by atoms with van der Waals surface area (Å²) in [6.45, 7) is 2.19. The Morgan fingerprint density at radius 3 is 2.07 bits per heavy atom. The van der Waals surface area contributed by atoms with E-state index in [2.05, 4.69) is 0 Å². The third-order valence-electron chi connectivity index (χ3n) is 5.02. The van der Waals surface area contributed by atoms with Crippen molar-refractivity contribution in [3.8, 4) is 11.5 Å². The van der Waals surface area contributed by atoms with E-state index in [0.717, 1.165) is 29.3 Å². The molecule has 2 aromatic carbocycles. The van der Waals surface area contributed by atoms with Crippen LogP contribution in [0.1, 0.15) is 34.5 Å². The number of non-ortho nitro benzene ring substituents is 2. The first kappa shape index (κ1) is 20.1. The highest BCUT2D eigenvalue weighted by atomic mass is 16.6. The van der Waals surface area contributed by atoms with Crippen molar-refractivity contribution >= 4 is 17.3 Å². The number of nitrogens with zero attached hydrogens (tertiary/aromatic N) is 3. The van der Waals surface area contributed by atoms with Gasteiger partial charge < -0.3 is 14.4 Å². The highest BCUT2D eigenvalue weighted by Crippen LogP contribution is 2.38. The molecule has 1 heterocycles. The summed E-state index contributed by atoms with van der Waals surface area (Å²) < 4.78 is 10.7. The van der Waals surface area contributed by atoms with Crippen LogP contribution in [0.3, 0.4) is 0 Å². The van der Waals surface area contributed by atoms with E-state index in [9.17, 15) is 25.0 Å². The zero-order valence-electron chi connectivity index (χ0n) is 16.1. The first-order chi connectivity index (χ1) is 13.8. The highest BCUT2D eigenvalue weighted by Gasteiger charge is 2.31. The second kappa shape index (κ2) is 7.74. The fraction of sp³-hybridized carbons (Fsp3) is 0.316. The third kappa shape index (κ3) is 3.68. The molecule has 1 aliphatic heterocycles. The molecule has 152 valence electrons. The Labute approximate surface area is 165 Å². The lowest BCUT2D eigenvalue weighted by Crippen LogP contribution is -2.39. The Morgan fingerprint density at radius 2 is 1.55 bits per heavy atom. The Kier molecular flexibility index (Phi) is 5.35. The lowest BCUT2D eigenvalue weighted by atomic mass is 9.92. The van der Waals surface area contributed by atoms with Crippen molar-refractivity contribution in [1.82, 2.24) is 4.90 Å². The first-order valence-corrected chi connectivity index (χ1v) is 8.76. The van der Waals surface area contributed by atoms with Crippen molar-refractivity contribution in [1.29, 1.82) is 0 Å². The van der Waals surface area contributed by atoms with Crippen molar-refractivity contribution in [3.63, 3.8) is 0 Å². The van der Waals surface area contributed by atoms with Crippen LogP contribution in [0, 0.1) is 20.2 Å². The number of carbonyl (C=O) groups is 1. The Balaban J connectivity index is 1.99. The van der Waals surface area contributed by atoms with E-state index in [0.29, 0.717) is 24.5 Å². The highest BCUT2D eigenvalue weighted by molar-refractivity contribution is 5.96. The number of benzene rings is 2. The topological polar surface area (TPSA) is 125 Å². The predicted octanol–water partition coefficient (Wildman–Crippen LogP) is 3.28. The number of nitro benzene ring substituents is 2. The fourth-order valence-corrected chi connectivity index (χ4v) is 3.52. The molecule has 2 aromatic rings. The van der Waals surface area contributed by atoms with Crippen molar-refractivity contribution < 1.29 is 24.1 Å². The lowest BCUT2D eigenvalue weighted by Gasteiger charge is -2.35. The smallest absolute Gasteiger partial charge is 0.277 e. The molecule has 0 N–H and O–H groups in total. The molecule has 0 spiro atoms. The molecule has 10 nitrogen and oxygen atoms in total. The van der Waals surface area contributed by atoms with Crippen LogP contribution in [0.2, 0.25) is 0 Å². The first-order valence-electron chi connectivity index (χ1n) is 8.76. The molecule has 0 fully saturated rings. The van der Waals surface area contributed by atoms with Crippen molar-refractivity contribution in [2.75, 3.05) is 20.8 Å². The molecule has 10 heteroatoms. The summed E-state index contributed by atoms with van der Waals surface area (Å²) in [5.74, 6) is 0.607. The van der Waals surface area contributed by atoms with Gasteiger partial charge in [-0.15, -0.1) is 0 Å². The van der Waals surface area contributed by atoms with E-state index in [1.807, 2.05) is 13.0 Å². The number of methoxy groups -OCH3 is 2. The molecule has 1 amide bonds. The van der Waals surface area contributed by atoms with Gasteiger partial charge in [-0.05, 0) is 36.6 Å². The zero-order chi connectivity index (χ0) is 21.3. The minimum Gasteiger partial charge on any atom is -0.493 e. The zero-order valence-corrected chi connectivity index (χ0v) is 16.1. The Bertz CT molecular complexity index is 973. The van der Waals surface area contributed by atoms with Crippen molar-refractivity contribution in [2.24, 2.45) is 0 Å².